The van der Waals surface area contributed by atoms with Crippen LogP contribution in [-0.2, 0) is 16.0 Å². The van der Waals surface area contributed by atoms with Gasteiger partial charge in [0.25, 0.3) is 0 Å². The first kappa shape index (κ1) is 13.6. The Morgan fingerprint density at radius 1 is 1.43 bits per heavy atom. The van der Waals surface area contributed by atoms with Gasteiger partial charge in [-0.15, -0.1) is 0 Å². The summed E-state index contributed by atoms with van der Waals surface area (Å²) < 4.78 is 1.88. The molecular weight excluding hydrogens is 270 g/mol. The molecule has 1 aliphatic rings. The summed E-state index contributed by atoms with van der Waals surface area (Å²) in [6.07, 6.45) is 4.00. The van der Waals surface area contributed by atoms with Crippen LogP contribution in [0.3, 0.4) is 0 Å². The topological polar surface area (TPSA) is 74.9 Å². The lowest BCUT2D eigenvalue weighted by atomic mass is 9.87. The fourth-order valence-corrected chi connectivity index (χ4v) is 2.57. The number of fused-ring (bicyclic) bond motifs is 1. The highest BCUT2D eigenvalue weighted by atomic mass is 16.4. The van der Waals surface area contributed by atoms with Gasteiger partial charge in [-0.05, 0) is 12.1 Å². The van der Waals surface area contributed by atoms with E-state index in [4.69, 9.17) is 5.11 Å². The smallest absolute Gasteiger partial charge is 0.306 e. The number of nitrogens with zero attached hydrogens (tertiary/aromatic N) is 3. The molecule has 1 fully saturated rings. The first-order valence-corrected chi connectivity index (χ1v) is 6.98. The number of amides is 1. The third-order valence-corrected chi connectivity index (χ3v) is 4.11. The number of rotatable bonds is 4. The molecule has 3 heterocycles. The summed E-state index contributed by atoms with van der Waals surface area (Å²) in [4.78, 5) is 29.1. The number of carboxylic acids is 1. The molecule has 6 nitrogen and oxygen atoms in total. The first-order valence-electron chi connectivity index (χ1n) is 6.98. The lowest BCUT2D eigenvalue weighted by Crippen LogP contribution is -2.53. The maximum absolute atomic E-state index is 12.1. The van der Waals surface area contributed by atoms with Gasteiger partial charge in [-0.1, -0.05) is 13.0 Å². The molecule has 1 amide bonds. The van der Waals surface area contributed by atoms with Crippen LogP contribution in [0.25, 0.3) is 5.65 Å². The molecule has 21 heavy (non-hydrogen) atoms. The van der Waals surface area contributed by atoms with E-state index in [0.29, 0.717) is 13.1 Å². The molecular formula is C15H17N3O3. The Morgan fingerprint density at radius 3 is 2.86 bits per heavy atom. The Labute approximate surface area is 122 Å². The van der Waals surface area contributed by atoms with Crippen molar-refractivity contribution in [1.29, 1.82) is 0 Å². The number of aromatic nitrogens is 2. The molecule has 2 aromatic rings. The summed E-state index contributed by atoms with van der Waals surface area (Å²) in [5, 5.41) is 8.94. The van der Waals surface area contributed by atoms with Gasteiger partial charge in [0.1, 0.15) is 5.65 Å². The van der Waals surface area contributed by atoms with Gasteiger partial charge in [0.15, 0.2) is 0 Å². The van der Waals surface area contributed by atoms with E-state index in [-0.39, 0.29) is 18.2 Å². The highest BCUT2D eigenvalue weighted by molar-refractivity contribution is 5.80. The number of likely N-dealkylation sites (tertiary alicyclic amines) is 1. The molecule has 3 rings (SSSR count). The van der Waals surface area contributed by atoms with Gasteiger partial charge in [-0.3, -0.25) is 9.59 Å². The zero-order valence-electron chi connectivity index (χ0n) is 11.8. The van der Waals surface area contributed by atoms with Crippen molar-refractivity contribution in [3.05, 3.63) is 36.3 Å². The third kappa shape index (κ3) is 2.61. The van der Waals surface area contributed by atoms with Crippen LogP contribution in [0.4, 0.5) is 0 Å². The summed E-state index contributed by atoms with van der Waals surface area (Å²) in [5.74, 6) is -1.13. The van der Waals surface area contributed by atoms with Crippen molar-refractivity contribution in [3.8, 4) is 0 Å². The summed E-state index contributed by atoms with van der Waals surface area (Å²) in [6, 6.07) is 5.71. The zero-order chi connectivity index (χ0) is 15.0. The zero-order valence-corrected chi connectivity index (χ0v) is 11.8. The van der Waals surface area contributed by atoms with Crippen LogP contribution < -0.4 is 0 Å². The van der Waals surface area contributed by atoms with E-state index >= 15 is 0 Å². The van der Waals surface area contributed by atoms with Crippen LogP contribution in [0.15, 0.2) is 30.6 Å². The van der Waals surface area contributed by atoms with Gasteiger partial charge in [-0.2, -0.15) is 0 Å². The molecule has 6 heteroatoms. The Balaban J connectivity index is 1.59. The largest absolute Gasteiger partial charge is 0.481 e. The van der Waals surface area contributed by atoms with E-state index < -0.39 is 11.9 Å². The summed E-state index contributed by atoms with van der Waals surface area (Å²) in [5.41, 5.74) is 1.56. The molecule has 2 aromatic heterocycles. The minimum atomic E-state index is -0.799. The van der Waals surface area contributed by atoms with Crippen molar-refractivity contribution in [2.24, 2.45) is 11.8 Å². The van der Waals surface area contributed by atoms with Gasteiger partial charge in [0, 0.05) is 31.4 Å². The van der Waals surface area contributed by atoms with Crippen LogP contribution in [0.2, 0.25) is 0 Å². The van der Waals surface area contributed by atoms with E-state index in [9.17, 15) is 9.59 Å². The number of pyridine rings is 1. The number of hydrogen-bond donors (Lipinski definition) is 1. The lowest BCUT2D eigenvalue weighted by Gasteiger charge is -2.41. The Bertz CT molecular complexity index is 655. The minimum absolute atomic E-state index is 0.00671. The van der Waals surface area contributed by atoms with Crippen LogP contribution in [-0.4, -0.2) is 44.4 Å². The standard InChI is InChI=1S/C15H17N3O3/c1-10(15(20)21)11-7-18(8-11)14(19)6-12-9-17-5-3-2-4-13(17)16-12/h2-5,9-11H,6-8H2,1H3,(H,20,21). The fraction of sp³-hybridized carbons (Fsp3) is 0.400. The van der Waals surface area contributed by atoms with E-state index in [0.717, 1.165) is 11.3 Å². The number of imidazole rings is 1. The van der Waals surface area contributed by atoms with Crippen molar-refractivity contribution >= 4 is 17.5 Å². The highest BCUT2D eigenvalue weighted by Crippen LogP contribution is 2.24. The van der Waals surface area contributed by atoms with Crippen LogP contribution in [0.5, 0.6) is 0 Å². The van der Waals surface area contributed by atoms with Crippen LogP contribution >= 0.6 is 0 Å². The second-order valence-electron chi connectivity index (χ2n) is 5.56. The molecule has 1 aliphatic heterocycles. The number of aliphatic carboxylic acids is 1. The van der Waals surface area contributed by atoms with Crippen LogP contribution in [0, 0.1) is 11.8 Å². The normalized spacial score (nSPS) is 16.7. The quantitative estimate of drug-likeness (QED) is 0.912. The first-order chi connectivity index (χ1) is 10.0. The molecule has 0 spiro atoms. The second kappa shape index (κ2) is 5.20. The molecule has 110 valence electrons. The molecule has 0 bridgehead atoms. The molecule has 0 radical (unpaired) electrons. The Kier molecular flexibility index (Phi) is 3.37. The van der Waals surface area contributed by atoms with Crippen molar-refractivity contribution in [2.45, 2.75) is 13.3 Å². The monoisotopic (exact) mass is 287 g/mol. The van der Waals surface area contributed by atoms with Gasteiger partial charge in [0.2, 0.25) is 5.91 Å². The molecule has 1 unspecified atom stereocenters. The molecule has 1 N–H and O–H groups in total. The van der Waals surface area contributed by atoms with Crippen molar-refractivity contribution in [1.82, 2.24) is 14.3 Å². The minimum Gasteiger partial charge on any atom is -0.481 e. The van der Waals surface area contributed by atoms with Gasteiger partial charge >= 0.3 is 5.97 Å². The number of hydrogen-bond acceptors (Lipinski definition) is 3. The Morgan fingerprint density at radius 2 is 2.19 bits per heavy atom. The van der Waals surface area contributed by atoms with Crippen molar-refractivity contribution < 1.29 is 14.7 Å². The SMILES string of the molecule is CC(C(=O)O)C1CN(C(=O)Cc2cn3ccccc3n2)C1. The highest BCUT2D eigenvalue weighted by Gasteiger charge is 2.37. The predicted octanol–water partition coefficient (Wildman–Crippen LogP) is 1.06. The van der Waals surface area contributed by atoms with Gasteiger partial charge in [0.05, 0.1) is 18.0 Å². The summed E-state index contributed by atoms with van der Waals surface area (Å²) >= 11 is 0. The Hall–Kier alpha value is -2.37. The average molecular weight is 287 g/mol. The van der Waals surface area contributed by atoms with Crippen LogP contribution in [0.1, 0.15) is 12.6 Å². The predicted molar refractivity (Wildman–Crippen MR) is 75.8 cm³/mol. The molecule has 1 atom stereocenters. The second-order valence-corrected chi connectivity index (χ2v) is 5.56. The summed E-state index contributed by atoms with van der Waals surface area (Å²) in [6.45, 7) is 2.75. The molecule has 1 saturated heterocycles. The van der Waals surface area contributed by atoms with E-state index in [1.54, 1.807) is 11.8 Å². The lowest BCUT2D eigenvalue weighted by molar-refractivity contribution is -0.150. The maximum atomic E-state index is 12.1. The fourth-order valence-electron chi connectivity index (χ4n) is 2.57. The summed E-state index contributed by atoms with van der Waals surface area (Å²) in [7, 11) is 0. The molecule has 0 aliphatic carbocycles. The van der Waals surface area contributed by atoms with Crippen molar-refractivity contribution in [3.63, 3.8) is 0 Å². The number of carbonyl (C=O) groups excluding carboxylic acids is 1. The van der Waals surface area contributed by atoms with Crippen molar-refractivity contribution in [2.75, 3.05) is 13.1 Å². The number of carbonyl (C=O) groups is 2. The van der Waals surface area contributed by atoms with E-state index in [1.165, 1.54) is 0 Å². The average Bonchev–Trinajstić information content (AvgIpc) is 2.78. The van der Waals surface area contributed by atoms with Gasteiger partial charge < -0.3 is 14.4 Å². The van der Waals surface area contributed by atoms with E-state index in [2.05, 4.69) is 4.98 Å². The molecule has 0 aromatic carbocycles. The van der Waals surface area contributed by atoms with Gasteiger partial charge in [-0.25, -0.2) is 4.98 Å². The molecule has 0 saturated carbocycles. The maximum Gasteiger partial charge on any atom is 0.306 e. The number of carboxylic acid groups (broad SMARTS) is 1. The van der Waals surface area contributed by atoms with E-state index in [1.807, 2.05) is 35.0 Å². The third-order valence-electron chi connectivity index (χ3n) is 4.11.